The Bertz CT molecular complexity index is 993. The molecule has 2 heterocycles. The van der Waals surface area contributed by atoms with E-state index in [2.05, 4.69) is 4.98 Å². The molecule has 1 aromatic carbocycles. The van der Waals surface area contributed by atoms with Crippen molar-refractivity contribution in [3.63, 3.8) is 0 Å². The lowest BCUT2D eigenvalue weighted by molar-refractivity contribution is 0.0549. The summed E-state index contributed by atoms with van der Waals surface area (Å²) in [6, 6.07) is 10.1. The third-order valence-corrected chi connectivity index (χ3v) is 4.26. The van der Waals surface area contributed by atoms with E-state index >= 15 is 0 Å². The maximum absolute atomic E-state index is 12.7. The molecule has 0 aliphatic heterocycles. The van der Waals surface area contributed by atoms with Crippen molar-refractivity contribution in [3.05, 3.63) is 47.3 Å². The summed E-state index contributed by atoms with van der Waals surface area (Å²) in [6.45, 7) is 11.4. The second kappa shape index (κ2) is 6.31. The van der Waals surface area contributed by atoms with Gasteiger partial charge in [0.05, 0.1) is 5.52 Å². The van der Waals surface area contributed by atoms with Crippen LogP contribution in [-0.2, 0) is 4.74 Å². The SMILES string of the molecule is [B]c1c(C)c2ccc(-c3cc(C)nc(C)c3)cc2n1C(=O)OC(C)(C)C. The van der Waals surface area contributed by atoms with Crippen molar-refractivity contribution in [3.8, 4) is 11.1 Å². The summed E-state index contributed by atoms with van der Waals surface area (Å²) in [5.41, 5.74) is 5.42. The van der Waals surface area contributed by atoms with Crippen LogP contribution in [0.2, 0.25) is 0 Å². The molecule has 0 saturated heterocycles. The molecule has 4 nitrogen and oxygen atoms in total. The minimum absolute atomic E-state index is 0.411. The molecule has 0 bridgehead atoms. The van der Waals surface area contributed by atoms with Gasteiger partial charge in [-0.05, 0) is 82.0 Å². The zero-order chi connectivity index (χ0) is 19.2. The number of carbonyl (C=O) groups excluding carboxylic acids is 1. The van der Waals surface area contributed by atoms with Crippen LogP contribution in [0, 0.1) is 20.8 Å². The zero-order valence-electron chi connectivity index (χ0n) is 16.2. The van der Waals surface area contributed by atoms with E-state index in [1.807, 2.05) is 71.9 Å². The molecule has 0 aliphatic rings. The molecule has 2 radical (unpaired) electrons. The van der Waals surface area contributed by atoms with Crippen molar-refractivity contribution >= 4 is 30.4 Å². The Hall–Kier alpha value is -2.56. The van der Waals surface area contributed by atoms with E-state index in [-0.39, 0.29) is 0 Å². The highest BCUT2D eigenvalue weighted by Crippen LogP contribution is 2.28. The molecule has 5 heteroatoms. The van der Waals surface area contributed by atoms with Gasteiger partial charge in [0.2, 0.25) is 0 Å². The quantitative estimate of drug-likeness (QED) is 0.620. The van der Waals surface area contributed by atoms with E-state index in [1.165, 1.54) is 4.57 Å². The van der Waals surface area contributed by atoms with Gasteiger partial charge in [-0.15, -0.1) is 0 Å². The van der Waals surface area contributed by atoms with E-state index < -0.39 is 11.7 Å². The smallest absolute Gasteiger partial charge is 0.418 e. The molecule has 3 rings (SSSR count). The molecule has 0 atom stereocenters. The van der Waals surface area contributed by atoms with Crippen LogP contribution in [0.1, 0.15) is 37.7 Å². The largest absolute Gasteiger partial charge is 0.443 e. The number of aromatic nitrogens is 2. The summed E-state index contributed by atoms with van der Waals surface area (Å²) in [7, 11) is 6.22. The van der Waals surface area contributed by atoms with Crippen LogP contribution in [0.4, 0.5) is 4.79 Å². The van der Waals surface area contributed by atoms with Crippen molar-refractivity contribution in [2.24, 2.45) is 0 Å². The normalized spacial score (nSPS) is 11.8. The lowest BCUT2D eigenvalue weighted by Gasteiger charge is -2.20. The predicted octanol–water partition coefficient (Wildman–Crippen LogP) is 4.21. The topological polar surface area (TPSA) is 44.1 Å². The van der Waals surface area contributed by atoms with E-state index in [1.54, 1.807) is 0 Å². The van der Waals surface area contributed by atoms with Crippen molar-refractivity contribution in [1.29, 1.82) is 0 Å². The van der Waals surface area contributed by atoms with Gasteiger partial charge in [-0.3, -0.25) is 9.55 Å². The van der Waals surface area contributed by atoms with E-state index in [4.69, 9.17) is 12.6 Å². The van der Waals surface area contributed by atoms with Crippen LogP contribution in [0.3, 0.4) is 0 Å². The molecule has 0 fully saturated rings. The van der Waals surface area contributed by atoms with Gasteiger partial charge < -0.3 is 4.74 Å². The first-order valence-electron chi connectivity index (χ1n) is 8.66. The van der Waals surface area contributed by atoms with Gasteiger partial charge >= 0.3 is 6.09 Å². The summed E-state index contributed by atoms with van der Waals surface area (Å²) in [6.07, 6.45) is -0.465. The lowest BCUT2D eigenvalue weighted by Crippen LogP contribution is -2.32. The van der Waals surface area contributed by atoms with Crippen molar-refractivity contribution in [1.82, 2.24) is 9.55 Å². The molecule has 2 aromatic heterocycles. The Morgan fingerprint density at radius 2 is 1.65 bits per heavy atom. The average Bonchev–Trinajstić information content (AvgIpc) is 2.75. The summed E-state index contributed by atoms with van der Waals surface area (Å²) < 4.78 is 7.00. The summed E-state index contributed by atoms with van der Waals surface area (Å²) in [5, 5.41) is 0.944. The lowest BCUT2D eigenvalue weighted by atomic mass is 9.98. The number of hydrogen-bond acceptors (Lipinski definition) is 3. The van der Waals surface area contributed by atoms with E-state index in [0.717, 1.165) is 39.0 Å². The first kappa shape index (κ1) is 18.2. The fourth-order valence-electron chi connectivity index (χ4n) is 3.15. The fraction of sp³-hybridized carbons (Fsp3) is 0.333. The molecular weight excluding hydrogens is 323 g/mol. The van der Waals surface area contributed by atoms with Crippen molar-refractivity contribution in [2.75, 3.05) is 0 Å². The second-order valence-corrected chi connectivity index (χ2v) is 7.70. The third-order valence-electron chi connectivity index (χ3n) is 4.26. The van der Waals surface area contributed by atoms with Gasteiger partial charge in [-0.2, -0.15) is 0 Å². The van der Waals surface area contributed by atoms with Crippen LogP contribution >= 0.6 is 0 Å². The number of fused-ring (bicyclic) bond motifs is 1. The Kier molecular flexibility index (Phi) is 4.43. The molecule has 0 aliphatic carbocycles. The maximum atomic E-state index is 12.7. The van der Waals surface area contributed by atoms with Crippen LogP contribution < -0.4 is 5.59 Å². The van der Waals surface area contributed by atoms with Gasteiger partial charge in [0.25, 0.3) is 0 Å². The van der Waals surface area contributed by atoms with E-state index in [9.17, 15) is 4.79 Å². The molecular formula is C21H23BN2O2. The standard InChI is InChI=1S/C21H23BN2O2/c1-12-9-16(10-13(2)23-12)15-7-8-17-14(3)19(22)24(18(17)11-15)20(25)26-21(4,5)6/h7-11H,1-6H3. The van der Waals surface area contributed by atoms with Crippen molar-refractivity contribution in [2.45, 2.75) is 47.1 Å². The maximum Gasteiger partial charge on any atom is 0.418 e. The average molecular weight is 346 g/mol. The van der Waals surface area contributed by atoms with Gasteiger partial charge in [-0.1, -0.05) is 12.1 Å². The minimum Gasteiger partial charge on any atom is -0.443 e. The summed E-state index contributed by atoms with van der Waals surface area (Å²) in [4.78, 5) is 17.1. The van der Waals surface area contributed by atoms with Crippen LogP contribution in [0.25, 0.3) is 22.0 Å². The molecule has 3 aromatic rings. The number of rotatable bonds is 1. The Balaban J connectivity index is 2.20. The first-order chi connectivity index (χ1) is 12.1. The highest BCUT2D eigenvalue weighted by molar-refractivity contribution is 6.35. The molecule has 26 heavy (non-hydrogen) atoms. The van der Waals surface area contributed by atoms with Gasteiger partial charge in [0, 0.05) is 16.8 Å². The summed E-state index contributed by atoms with van der Waals surface area (Å²) >= 11 is 0. The van der Waals surface area contributed by atoms with E-state index in [0.29, 0.717) is 5.59 Å². The zero-order valence-corrected chi connectivity index (χ0v) is 16.2. The molecule has 0 amide bonds. The Morgan fingerprint density at radius 3 is 2.23 bits per heavy atom. The number of benzene rings is 1. The second-order valence-electron chi connectivity index (χ2n) is 7.70. The Morgan fingerprint density at radius 1 is 1.04 bits per heavy atom. The van der Waals surface area contributed by atoms with Gasteiger partial charge in [0.1, 0.15) is 13.4 Å². The van der Waals surface area contributed by atoms with Crippen LogP contribution in [0.5, 0.6) is 0 Å². The molecule has 0 saturated carbocycles. The molecule has 0 spiro atoms. The number of ether oxygens (including phenoxy) is 1. The molecule has 132 valence electrons. The number of carbonyl (C=O) groups is 1. The minimum atomic E-state index is -0.592. The number of nitrogens with zero attached hydrogens (tertiary/aromatic N) is 2. The fourth-order valence-corrected chi connectivity index (χ4v) is 3.15. The summed E-state index contributed by atoms with van der Waals surface area (Å²) in [5.74, 6) is 0. The molecule has 0 N–H and O–H groups in total. The van der Waals surface area contributed by atoms with Gasteiger partial charge in [0.15, 0.2) is 0 Å². The van der Waals surface area contributed by atoms with Crippen molar-refractivity contribution < 1.29 is 9.53 Å². The Labute approximate surface area is 155 Å². The predicted molar refractivity (Wildman–Crippen MR) is 106 cm³/mol. The van der Waals surface area contributed by atoms with Crippen LogP contribution in [0.15, 0.2) is 30.3 Å². The monoisotopic (exact) mass is 346 g/mol. The van der Waals surface area contributed by atoms with Crippen LogP contribution in [-0.4, -0.2) is 29.1 Å². The molecule has 0 unspecified atom stereocenters. The number of pyridine rings is 1. The number of hydrogen-bond donors (Lipinski definition) is 0. The highest BCUT2D eigenvalue weighted by atomic mass is 16.6. The number of aryl methyl sites for hydroxylation is 3. The highest BCUT2D eigenvalue weighted by Gasteiger charge is 2.22. The van der Waals surface area contributed by atoms with Gasteiger partial charge in [-0.25, -0.2) is 4.79 Å². The third kappa shape index (κ3) is 3.39. The first-order valence-corrected chi connectivity index (χ1v) is 8.66.